The van der Waals surface area contributed by atoms with Crippen molar-refractivity contribution in [3.63, 3.8) is 0 Å². The van der Waals surface area contributed by atoms with Crippen LogP contribution in [-0.2, 0) is 16.6 Å². The highest BCUT2D eigenvalue weighted by molar-refractivity contribution is 7.92. The second-order valence-corrected chi connectivity index (χ2v) is 11.1. The quantitative estimate of drug-likeness (QED) is 0.495. The summed E-state index contributed by atoms with van der Waals surface area (Å²) in [4.78, 5) is 6.65. The van der Waals surface area contributed by atoms with Gasteiger partial charge in [0.25, 0.3) is 10.0 Å². The van der Waals surface area contributed by atoms with E-state index in [9.17, 15) is 8.42 Å². The Kier molecular flexibility index (Phi) is 6.11. The summed E-state index contributed by atoms with van der Waals surface area (Å²) >= 11 is 7.74. The summed E-state index contributed by atoms with van der Waals surface area (Å²) in [6.07, 6.45) is 4.35. The molecule has 1 N–H and O–H groups in total. The van der Waals surface area contributed by atoms with E-state index in [0.29, 0.717) is 28.7 Å². The molecule has 2 aliphatic heterocycles. The van der Waals surface area contributed by atoms with Gasteiger partial charge in [-0.25, -0.2) is 13.4 Å². The van der Waals surface area contributed by atoms with E-state index in [1.807, 2.05) is 6.07 Å². The summed E-state index contributed by atoms with van der Waals surface area (Å²) in [6.45, 7) is 0.974. The molecule has 2 bridgehead atoms. The first-order valence-corrected chi connectivity index (χ1v) is 13.5. The molecule has 1 aromatic heterocycles. The lowest BCUT2D eigenvalue weighted by Gasteiger charge is -2.39. The van der Waals surface area contributed by atoms with Gasteiger partial charge in [-0.05, 0) is 49.4 Å². The number of piperidine rings is 1. The van der Waals surface area contributed by atoms with E-state index in [4.69, 9.17) is 16.3 Å². The highest BCUT2D eigenvalue weighted by atomic mass is 35.5. The van der Waals surface area contributed by atoms with E-state index >= 15 is 0 Å². The normalized spacial score (nSPS) is 23.2. The van der Waals surface area contributed by atoms with Crippen LogP contribution in [0.5, 0.6) is 5.75 Å². The highest BCUT2D eigenvalue weighted by Crippen LogP contribution is 2.39. The van der Waals surface area contributed by atoms with Gasteiger partial charge in [-0.2, -0.15) is 0 Å². The second-order valence-electron chi connectivity index (χ2n) is 8.33. The molecule has 32 heavy (non-hydrogen) atoms. The number of nitrogens with one attached hydrogen (secondary N) is 1. The van der Waals surface area contributed by atoms with Crippen LogP contribution in [0, 0.1) is 0 Å². The fraction of sp³-hybridized carbons (Fsp3) is 0.348. The molecule has 0 saturated carbocycles. The van der Waals surface area contributed by atoms with Gasteiger partial charge in [-0.15, -0.1) is 11.3 Å². The molecule has 0 unspecified atom stereocenters. The first-order valence-electron chi connectivity index (χ1n) is 10.6. The number of benzene rings is 2. The number of halogens is 1. The van der Waals surface area contributed by atoms with Gasteiger partial charge >= 0.3 is 0 Å². The topological polar surface area (TPSA) is 71.5 Å². The molecule has 0 radical (unpaired) electrons. The lowest BCUT2D eigenvalue weighted by Crippen LogP contribution is -2.45. The molecule has 2 fully saturated rings. The van der Waals surface area contributed by atoms with Gasteiger partial charge in [0.05, 0.1) is 15.4 Å². The molecule has 5 rings (SSSR count). The van der Waals surface area contributed by atoms with E-state index in [2.05, 4.69) is 38.9 Å². The molecule has 0 spiro atoms. The molecule has 2 aromatic carbocycles. The zero-order chi connectivity index (χ0) is 22.1. The van der Waals surface area contributed by atoms with E-state index in [0.717, 1.165) is 19.4 Å². The number of nitrogens with zero attached hydrogens (tertiary/aromatic N) is 2. The average Bonchev–Trinajstić information content (AvgIpc) is 3.35. The van der Waals surface area contributed by atoms with Crippen LogP contribution in [0.4, 0.5) is 5.82 Å². The van der Waals surface area contributed by atoms with Crippen LogP contribution in [0.1, 0.15) is 31.2 Å². The molecule has 0 amide bonds. The SMILES string of the molecule is O=S(=O)(Nc1cscn1)c1ccc(O[C@H]2C[C@H]3CC[C@@H](C2)N3Cc2ccccc2)c(Cl)c1. The molecule has 168 valence electrons. The van der Waals surface area contributed by atoms with Gasteiger partial charge in [-0.1, -0.05) is 41.9 Å². The summed E-state index contributed by atoms with van der Waals surface area (Å²) in [7, 11) is -3.75. The van der Waals surface area contributed by atoms with Crippen molar-refractivity contribution in [2.24, 2.45) is 0 Å². The minimum absolute atomic E-state index is 0.0765. The van der Waals surface area contributed by atoms with Crippen molar-refractivity contribution < 1.29 is 13.2 Å². The Balaban J connectivity index is 1.24. The third-order valence-electron chi connectivity index (χ3n) is 6.23. The maximum Gasteiger partial charge on any atom is 0.263 e. The van der Waals surface area contributed by atoms with Crippen LogP contribution < -0.4 is 9.46 Å². The van der Waals surface area contributed by atoms with E-state index in [1.165, 1.54) is 41.9 Å². The van der Waals surface area contributed by atoms with Crippen molar-refractivity contribution >= 4 is 38.8 Å². The van der Waals surface area contributed by atoms with Gasteiger partial charge < -0.3 is 4.74 Å². The minimum Gasteiger partial charge on any atom is -0.489 e. The van der Waals surface area contributed by atoms with E-state index < -0.39 is 10.0 Å². The lowest BCUT2D eigenvalue weighted by atomic mass is 9.98. The van der Waals surface area contributed by atoms with Crippen LogP contribution in [0.15, 0.2) is 64.3 Å². The maximum atomic E-state index is 12.6. The highest BCUT2D eigenvalue weighted by Gasteiger charge is 2.41. The Morgan fingerprint density at radius 2 is 1.88 bits per heavy atom. The number of sulfonamides is 1. The second kappa shape index (κ2) is 9.02. The lowest BCUT2D eigenvalue weighted by molar-refractivity contribution is 0.0446. The summed E-state index contributed by atoms with van der Waals surface area (Å²) < 4.78 is 33.9. The molecule has 9 heteroatoms. The number of fused-ring (bicyclic) bond motifs is 2. The van der Waals surface area contributed by atoms with E-state index in [-0.39, 0.29) is 11.0 Å². The van der Waals surface area contributed by atoms with Crippen molar-refractivity contribution in [1.29, 1.82) is 0 Å². The predicted molar refractivity (Wildman–Crippen MR) is 127 cm³/mol. The number of ether oxygens (including phenoxy) is 1. The molecule has 3 heterocycles. The van der Waals surface area contributed by atoms with Crippen molar-refractivity contribution in [2.45, 2.75) is 55.3 Å². The number of thiazole rings is 1. The molecule has 3 aromatic rings. The van der Waals surface area contributed by atoms with Crippen LogP contribution in [-0.4, -0.2) is 36.5 Å². The minimum atomic E-state index is -3.75. The maximum absolute atomic E-state index is 12.6. The average molecular weight is 490 g/mol. The van der Waals surface area contributed by atoms with Gasteiger partial charge in [0.1, 0.15) is 11.9 Å². The summed E-state index contributed by atoms with van der Waals surface area (Å²) in [5.41, 5.74) is 2.91. The number of anilines is 1. The third-order valence-corrected chi connectivity index (χ3v) is 8.46. The molecule has 2 aliphatic rings. The standard InChI is InChI=1S/C23H24ClN3O3S2/c24-21-12-20(32(28,29)26-23-14-31-15-25-23)8-9-22(21)30-19-10-17-6-7-18(11-19)27(17)13-16-4-2-1-3-5-16/h1-5,8-9,12,14-15,17-19,26H,6-7,10-11,13H2/t17-,18+,19+. The summed E-state index contributed by atoms with van der Waals surface area (Å²) in [5, 5.41) is 1.93. The van der Waals surface area contributed by atoms with Gasteiger partial charge in [-0.3, -0.25) is 9.62 Å². The molecule has 6 nitrogen and oxygen atoms in total. The zero-order valence-electron chi connectivity index (χ0n) is 17.4. The van der Waals surface area contributed by atoms with Gasteiger partial charge in [0, 0.05) is 24.0 Å². The number of aromatic nitrogens is 1. The Bertz CT molecular complexity index is 1160. The van der Waals surface area contributed by atoms with Gasteiger partial charge in [0.2, 0.25) is 0 Å². The fourth-order valence-electron chi connectivity index (χ4n) is 4.76. The number of hydrogen-bond acceptors (Lipinski definition) is 6. The number of rotatable bonds is 7. The monoisotopic (exact) mass is 489 g/mol. The van der Waals surface area contributed by atoms with Crippen LogP contribution in [0.3, 0.4) is 0 Å². The first-order chi connectivity index (χ1) is 15.5. The Hall–Kier alpha value is -2.13. The van der Waals surface area contributed by atoms with Crippen molar-refractivity contribution in [1.82, 2.24) is 9.88 Å². The molecule has 3 atom stereocenters. The predicted octanol–water partition coefficient (Wildman–Crippen LogP) is 5.17. The van der Waals surface area contributed by atoms with Crippen LogP contribution in [0.25, 0.3) is 0 Å². The molecular formula is C23H24ClN3O3S2. The zero-order valence-corrected chi connectivity index (χ0v) is 19.7. The first kappa shape index (κ1) is 21.7. The smallest absolute Gasteiger partial charge is 0.263 e. The van der Waals surface area contributed by atoms with Gasteiger partial charge in [0.15, 0.2) is 5.82 Å². The van der Waals surface area contributed by atoms with Crippen LogP contribution in [0.2, 0.25) is 5.02 Å². The Morgan fingerprint density at radius 1 is 1.12 bits per heavy atom. The van der Waals surface area contributed by atoms with Crippen molar-refractivity contribution in [3.8, 4) is 5.75 Å². The number of hydrogen-bond donors (Lipinski definition) is 1. The molecule has 0 aliphatic carbocycles. The summed E-state index contributed by atoms with van der Waals surface area (Å²) in [5.74, 6) is 0.823. The Labute approximate surface area is 197 Å². The van der Waals surface area contributed by atoms with Crippen molar-refractivity contribution in [3.05, 3.63) is 70.0 Å². The Morgan fingerprint density at radius 3 is 2.53 bits per heavy atom. The molecular weight excluding hydrogens is 466 g/mol. The van der Waals surface area contributed by atoms with E-state index in [1.54, 1.807) is 17.0 Å². The van der Waals surface area contributed by atoms with Crippen LogP contribution >= 0.6 is 22.9 Å². The fourth-order valence-corrected chi connectivity index (χ4v) is 6.63. The largest absolute Gasteiger partial charge is 0.489 e. The summed E-state index contributed by atoms with van der Waals surface area (Å²) in [6, 6.07) is 16.2. The van der Waals surface area contributed by atoms with Crippen molar-refractivity contribution in [2.75, 3.05) is 4.72 Å². The third kappa shape index (κ3) is 4.64. The molecule has 2 saturated heterocycles.